The molecule has 0 aliphatic heterocycles. The van der Waals surface area contributed by atoms with Crippen molar-refractivity contribution < 1.29 is 18.0 Å². The van der Waals surface area contributed by atoms with Crippen molar-refractivity contribution in [3.63, 3.8) is 0 Å². The lowest BCUT2D eigenvalue weighted by molar-refractivity contribution is -0.137. The van der Waals surface area contributed by atoms with Crippen LogP contribution < -0.4 is 0 Å². The van der Waals surface area contributed by atoms with E-state index in [1.165, 1.54) is 29.9 Å². The number of aromatic nitrogens is 3. The highest BCUT2D eigenvalue weighted by Gasteiger charge is 2.30. The van der Waals surface area contributed by atoms with E-state index in [2.05, 4.69) is 10.3 Å². The number of hydrogen-bond acceptors (Lipinski definition) is 3. The van der Waals surface area contributed by atoms with Gasteiger partial charge in [-0.1, -0.05) is 11.3 Å². The van der Waals surface area contributed by atoms with Crippen molar-refractivity contribution in [1.82, 2.24) is 15.0 Å². The first-order valence-corrected chi connectivity index (χ1v) is 5.44. The lowest BCUT2D eigenvalue weighted by Crippen LogP contribution is -2.09. The minimum Gasteiger partial charge on any atom is -0.300 e. The van der Waals surface area contributed by atoms with Crippen molar-refractivity contribution >= 4 is 5.78 Å². The van der Waals surface area contributed by atoms with Crippen LogP contribution in [0.15, 0.2) is 30.5 Å². The predicted octanol–water partition coefficient (Wildman–Crippen LogP) is 2.42. The Hall–Kier alpha value is -2.18. The van der Waals surface area contributed by atoms with Crippen molar-refractivity contribution in [2.75, 3.05) is 0 Å². The smallest absolute Gasteiger partial charge is 0.300 e. The average molecular weight is 269 g/mol. The van der Waals surface area contributed by atoms with Gasteiger partial charge in [-0.3, -0.25) is 4.79 Å². The first-order chi connectivity index (χ1) is 8.88. The van der Waals surface area contributed by atoms with E-state index in [0.717, 1.165) is 12.1 Å². The quantitative estimate of drug-likeness (QED) is 0.859. The van der Waals surface area contributed by atoms with E-state index in [0.29, 0.717) is 5.69 Å². The molecule has 0 aliphatic carbocycles. The summed E-state index contributed by atoms with van der Waals surface area (Å²) in [6.45, 7) is 1.39. The second-order valence-electron chi connectivity index (χ2n) is 4.06. The molecule has 0 fully saturated rings. The Morgan fingerprint density at radius 3 is 2.74 bits per heavy atom. The number of carbonyl (C=O) groups is 1. The second kappa shape index (κ2) is 4.83. The SMILES string of the molecule is CC(=O)Cc1cnnn1-c1cccc(C(F)(F)F)c1. The zero-order chi connectivity index (χ0) is 14.0. The molecule has 0 N–H and O–H groups in total. The fourth-order valence-electron chi connectivity index (χ4n) is 1.66. The Morgan fingerprint density at radius 2 is 2.11 bits per heavy atom. The third-order valence-electron chi connectivity index (χ3n) is 2.47. The topological polar surface area (TPSA) is 47.8 Å². The standard InChI is InChI=1S/C12H10F3N3O/c1-8(19)5-11-7-16-17-18(11)10-4-2-3-9(6-10)12(13,14)15/h2-4,6-7H,5H2,1H3. The van der Waals surface area contributed by atoms with Gasteiger partial charge in [-0.15, -0.1) is 5.10 Å². The molecule has 0 saturated carbocycles. The highest BCUT2D eigenvalue weighted by molar-refractivity contribution is 5.77. The molecule has 0 aliphatic rings. The molecular formula is C12H10F3N3O. The highest BCUT2D eigenvalue weighted by atomic mass is 19.4. The number of ketones is 1. The zero-order valence-corrected chi connectivity index (χ0v) is 9.98. The summed E-state index contributed by atoms with van der Waals surface area (Å²) in [6.07, 6.45) is -2.98. The van der Waals surface area contributed by atoms with Crippen LogP contribution in [0.2, 0.25) is 0 Å². The average Bonchev–Trinajstić information content (AvgIpc) is 2.75. The molecule has 19 heavy (non-hydrogen) atoms. The van der Waals surface area contributed by atoms with Crippen LogP contribution in [0.1, 0.15) is 18.2 Å². The van der Waals surface area contributed by atoms with E-state index in [9.17, 15) is 18.0 Å². The fourth-order valence-corrected chi connectivity index (χ4v) is 1.66. The van der Waals surface area contributed by atoms with Gasteiger partial charge in [0.05, 0.1) is 29.6 Å². The van der Waals surface area contributed by atoms with Gasteiger partial charge in [-0.05, 0) is 25.1 Å². The molecular weight excluding hydrogens is 259 g/mol. The first-order valence-electron chi connectivity index (χ1n) is 5.44. The van der Waals surface area contributed by atoms with Crippen LogP contribution in [0.3, 0.4) is 0 Å². The van der Waals surface area contributed by atoms with Crippen LogP contribution in [-0.4, -0.2) is 20.8 Å². The van der Waals surface area contributed by atoms with Gasteiger partial charge in [0, 0.05) is 0 Å². The first kappa shape index (κ1) is 13.3. The van der Waals surface area contributed by atoms with Crippen molar-refractivity contribution in [2.24, 2.45) is 0 Å². The van der Waals surface area contributed by atoms with E-state index in [-0.39, 0.29) is 17.9 Å². The van der Waals surface area contributed by atoms with E-state index in [1.54, 1.807) is 0 Å². The Morgan fingerprint density at radius 1 is 1.37 bits per heavy atom. The predicted molar refractivity (Wildman–Crippen MR) is 60.7 cm³/mol. The fraction of sp³-hybridized carbons (Fsp3) is 0.250. The molecule has 100 valence electrons. The Bertz CT molecular complexity index is 604. The Labute approximate surface area is 106 Å². The summed E-state index contributed by atoms with van der Waals surface area (Å²) in [6, 6.07) is 4.72. The number of nitrogens with zero attached hydrogens (tertiary/aromatic N) is 3. The van der Waals surface area contributed by atoms with E-state index < -0.39 is 11.7 Å². The molecule has 7 heteroatoms. The zero-order valence-electron chi connectivity index (χ0n) is 9.98. The van der Waals surface area contributed by atoms with Gasteiger partial charge < -0.3 is 0 Å². The van der Waals surface area contributed by atoms with Crippen molar-refractivity contribution in [1.29, 1.82) is 0 Å². The Balaban J connectivity index is 2.42. The van der Waals surface area contributed by atoms with E-state index in [4.69, 9.17) is 0 Å². The van der Waals surface area contributed by atoms with Gasteiger partial charge in [0.15, 0.2) is 0 Å². The van der Waals surface area contributed by atoms with Crippen LogP contribution in [0, 0.1) is 0 Å². The van der Waals surface area contributed by atoms with Crippen molar-refractivity contribution in [3.05, 3.63) is 41.7 Å². The van der Waals surface area contributed by atoms with Gasteiger partial charge >= 0.3 is 6.18 Å². The lowest BCUT2D eigenvalue weighted by atomic mass is 10.2. The van der Waals surface area contributed by atoms with Crippen LogP contribution >= 0.6 is 0 Å². The Kier molecular flexibility index (Phi) is 3.37. The molecule has 1 heterocycles. The highest BCUT2D eigenvalue weighted by Crippen LogP contribution is 2.30. The number of rotatable bonds is 3. The summed E-state index contributed by atoms with van der Waals surface area (Å²) in [5.74, 6) is -0.115. The molecule has 0 amide bonds. The minimum absolute atomic E-state index is 0.0727. The summed E-state index contributed by atoms with van der Waals surface area (Å²) >= 11 is 0. The van der Waals surface area contributed by atoms with Gasteiger partial charge in [0.1, 0.15) is 5.78 Å². The molecule has 2 aromatic rings. The maximum Gasteiger partial charge on any atom is 0.416 e. The minimum atomic E-state index is -4.42. The van der Waals surface area contributed by atoms with Crippen LogP contribution in [-0.2, 0) is 17.4 Å². The number of hydrogen-bond donors (Lipinski definition) is 0. The normalized spacial score (nSPS) is 11.6. The summed E-state index contributed by atoms with van der Waals surface area (Å²) in [7, 11) is 0. The molecule has 2 rings (SSSR count). The number of benzene rings is 1. The van der Waals surface area contributed by atoms with Gasteiger partial charge in [0.2, 0.25) is 0 Å². The van der Waals surface area contributed by atoms with Crippen LogP contribution in [0.4, 0.5) is 13.2 Å². The second-order valence-corrected chi connectivity index (χ2v) is 4.06. The van der Waals surface area contributed by atoms with Crippen molar-refractivity contribution in [3.8, 4) is 5.69 Å². The summed E-state index contributed by atoms with van der Waals surface area (Å²) < 4.78 is 39.1. The molecule has 0 spiro atoms. The number of alkyl halides is 3. The molecule has 0 atom stereocenters. The van der Waals surface area contributed by atoms with Gasteiger partial charge in [0.25, 0.3) is 0 Å². The summed E-state index contributed by atoms with van der Waals surface area (Å²) in [5, 5.41) is 7.33. The number of Topliss-reactive ketones (excluding diaryl/α,β-unsaturated/α-hetero) is 1. The lowest BCUT2D eigenvalue weighted by Gasteiger charge is -2.09. The van der Waals surface area contributed by atoms with Gasteiger partial charge in [-0.25, -0.2) is 4.68 Å². The maximum absolute atomic E-state index is 12.6. The summed E-state index contributed by atoms with van der Waals surface area (Å²) in [5.41, 5.74) is -0.0929. The third-order valence-corrected chi connectivity index (χ3v) is 2.47. The van der Waals surface area contributed by atoms with Crippen LogP contribution in [0.5, 0.6) is 0 Å². The molecule has 0 saturated heterocycles. The number of halogens is 3. The maximum atomic E-state index is 12.6. The van der Waals surface area contributed by atoms with E-state index >= 15 is 0 Å². The molecule has 1 aromatic carbocycles. The molecule has 0 bridgehead atoms. The molecule has 1 aromatic heterocycles. The monoisotopic (exact) mass is 269 g/mol. The third kappa shape index (κ3) is 2.98. The summed E-state index contributed by atoms with van der Waals surface area (Å²) in [4.78, 5) is 11.1. The van der Waals surface area contributed by atoms with Gasteiger partial charge in [-0.2, -0.15) is 13.2 Å². The van der Waals surface area contributed by atoms with Crippen molar-refractivity contribution in [2.45, 2.75) is 19.5 Å². The largest absolute Gasteiger partial charge is 0.416 e. The number of carbonyl (C=O) groups excluding carboxylic acids is 1. The molecule has 4 nitrogen and oxygen atoms in total. The van der Waals surface area contributed by atoms with Crippen LogP contribution in [0.25, 0.3) is 5.69 Å². The van der Waals surface area contributed by atoms with E-state index in [1.807, 2.05) is 0 Å². The molecule has 0 radical (unpaired) electrons. The molecule has 0 unspecified atom stereocenters.